The van der Waals surface area contributed by atoms with Gasteiger partial charge < -0.3 is 0 Å². The van der Waals surface area contributed by atoms with Crippen molar-refractivity contribution in [3.8, 4) is 0 Å². The van der Waals surface area contributed by atoms with Gasteiger partial charge >= 0.3 is 0 Å². The molecule has 4 heteroatoms. The van der Waals surface area contributed by atoms with E-state index in [0.717, 1.165) is 5.56 Å². The first-order chi connectivity index (χ1) is 10.7. The number of carbonyl (C=O) groups is 3. The summed E-state index contributed by atoms with van der Waals surface area (Å²) in [4.78, 5) is 38.6. The molecule has 4 rings (SSSR count). The minimum Gasteiger partial charge on any atom is -0.294 e. The first kappa shape index (κ1) is 13.0. The zero-order chi connectivity index (χ0) is 15.3. The zero-order valence-electron chi connectivity index (χ0n) is 11.8. The van der Waals surface area contributed by atoms with Crippen molar-refractivity contribution >= 4 is 17.6 Å². The lowest BCUT2D eigenvalue weighted by Crippen LogP contribution is -2.36. The molecule has 1 aliphatic carbocycles. The van der Waals surface area contributed by atoms with Crippen LogP contribution in [0.5, 0.6) is 0 Å². The molecule has 1 atom stereocenters. The van der Waals surface area contributed by atoms with Crippen LogP contribution in [-0.2, 0) is 0 Å². The second-order valence-electron chi connectivity index (χ2n) is 5.59. The fraction of sp³-hybridized carbons (Fsp3) is 0.167. The van der Waals surface area contributed by atoms with Crippen LogP contribution in [0.2, 0.25) is 0 Å². The summed E-state index contributed by atoms with van der Waals surface area (Å²) in [7, 11) is 0. The van der Waals surface area contributed by atoms with E-state index in [2.05, 4.69) is 0 Å². The number of ketones is 1. The third kappa shape index (κ3) is 1.67. The number of carbonyl (C=O) groups excluding carboxylic acids is 3. The summed E-state index contributed by atoms with van der Waals surface area (Å²) in [5, 5.41) is 0. The molecule has 0 saturated heterocycles. The highest BCUT2D eigenvalue weighted by Gasteiger charge is 2.42. The van der Waals surface area contributed by atoms with E-state index in [9.17, 15) is 14.4 Å². The molecule has 2 aromatic rings. The van der Waals surface area contributed by atoms with Crippen LogP contribution >= 0.6 is 0 Å². The number of rotatable bonds is 1. The first-order valence-corrected chi connectivity index (χ1v) is 7.27. The Morgan fingerprint density at radius 2 is 1.32 bits per heavy atom. The molecule has 0 N–H and O–H groups in total. The van der Waals surface area contributed by atoms with Crippen molar-refractivity contribution in [3.05, 3.63) is 70.8 Å². The van der Waals surface area contributed by atoms with Crippen LogP contribution in [0.3, 0.4) is 0 Å². The number of hydrogen-bond acceptors (Lipinski definition) is 3. The topological polar surface area (TPSA) is 54.5 Å². The summed E-state index contributed by atoms with van der Waals surface area (Å²) in [6, 6.07) is 13.7. The van der Waals surface area contributed by atoms with Gasteiger partial charge in [0.15, 0.2) is 5.78 Å². The molecule has 0 radical (unpaired) electrons. The van der Waals surface area contributed by atoms with E-state index in [0.29, 0.717) is 29.5 Å². The molecule has 2 aromatic carbocycles. The minimum atomic E-state index is -0.360. The van der Waals surface area contributed by atoms with Crippen LogP contribution < -0.4 is 0 Å². The Labute approximate surface area is 127 Å². The lowest BCUT2D eigenvalue weighted by molar-refractivity contribution is 0.0557. The van der Waals surface area contributed by atoms with E-state index in [-0.39, 0.29) is 23.6 Å². The molecule has 22 heavy (non-hydrogen) atoms. The van der Waals surface area contributed by atoms with Gasteiger partial charge in [-0.3, -0.25) is 19.3 Å². The van der Waals surface area contributed by atoms with Crippen LogP contribution in [0, 0.1) is 0 Å². The van der Waals surface area contributed by atoms with Crippen molar-refractivity contribution in [2.24, 2.45) is 0 Å². The maximum absolute atomic E-state index is 12.6. The largest absolute Gasteiger partial charge is 0.294 e. The lowest BCUT2D eigenvalue weighted by Gasteiger charge is -2.31. The van der Waals surface area contributed by atoms with Crippen molar-refractivity contribution in [2.75, 3.05) is 0 Å². The Balaban J connectivity index is 1.82. The fourth-order valence-corrected chi connectivity index (χ4v) is 3.36. The molecule has 108 valence electrons. The SMILES string of the molecule is O=C1CC[C@H](N2C(=O)c3ccccc3C2=O)c2ccccc21. The summed E-state index contributed by atoms with van der Waals surface area (Å²) >= 11 is 0. The molecule has 2 aliphatic rings. The molecule has 1 aliphatic heterocycles. The Morgan fingerprint density at radius 3 is 1.95 bits per heavy atom. The molecular weight excluding hydrogens is 278 g/mol. The number of fused-ring (bicyclic) bond motifs is 2. The second kappa shape index (κ2) is 4.63. The maximum atomic E-state index is 12.6. The van der Waals surface area contributed by atoms with Crippen molar-refractivity contribution < 1.29 is 14.4 Å². The Hall–Kier alpha value is -2.75. The average molecular weight is 291 g/mol. The van der Waals surface area contributed by atoms with Gasteiger partial charge in [-0.2, -0.15) is 0 Å². The number of imide groups is 1. The maximum Gasteiger partial charge on any atom is 0.262 e. The van der Waals surface area contributed by atoms with Gasteiger partial charge in [-0.15, -0.1) is 0 Å². The fourth-order valence-electron chi connectivity index (χ4n) is 3.36. The van der Waals surface area contributed by atoms with E-state index in [1.165, 1.54) is 4.90 Å². The lowest BCUT2D eigenvalue weighted by atomic mass is 9.86. The predicted molar refractivity (Wildman–Crippen MR) is 79.7 cm³/mol. The second-order valence-corrected chi connectivity index (χ2v) is 5.59. The molecule has 1 heterocycles. The summed E-state index contributed by atoms with van der Waals surface area (Å²) in [6.07, 6.45) is 0.844. The molecule has 4 nitrogen and oxygen atoms in total. The van der Waals surface area contributed by atoms with Crippen LogP contribution in [0.25, 0.3) is 0 Å². The van der Waals surface area contributed by atoms with E-state index >= 15 is 0 Å². The van der Waals surface area contributed by atoms with E-state index in [4.69, 9.17) is 0 Å². The van der Waals surface area contributed by atoms with Crippen LogP contribution in [0.4, 0.5) is 0 Å². The minimum absolute atomic E-state index is 0.0726. The van der Waals surface area contributed by atoms with Gasteiger partial charge in [0.25, 0.3) is 11.8 Å². The highest BCUT2D eigenvalue weighted by atomic mass is 16.2. The highest BCUT2D eigenvalue weighted by molar-refractivity contribution is 6.21. The summed E-state index contributed by atoms with van der Waals surface area (Å²) < 4.78 is 0. The van der Waals surface area contributed by atoms with Crippen molar-refractivity contribution in [3.63, 3.8) is 0 Å². The van der Waals surface area contributed by atoms with Gasteiger partial charge in [0.1, 0.15) is 0 Å². The van der Waals surface area contributed by atoms with Crippen molar-refractivity contribution in [2.45, 2.75) is 18.9 Å². The third-order valence-electron chi connectivity index (χ3n) is 4.40. The number of hydrogen-bond donors (Lipinski definition) is 0. The summed E-state index contributed by atoms with van der Waals surface area (Å²) in [5.41, 5.74) is 2.28. The number of nitrogens with zero attached hydrogens (tertiary/aromatic N) is 1. The molecule has 0 saturated carbocycles. The van der Waals surface area contributed by atoms with E-state index in [1.807, 2.05) is 18.2 Å². The predicted octanol–water partition coefficient (Wildman–Crippen LogP) is 3.00. The zero-order valence-corrected chi connectivity index (χ0v) is 11.8. The standard InChI is InChI=1S/C18H13NO3/c20-16-10-9-15(11-5-1-2-6-12(11)16)19-17(21)13-7-3-4-8-14(13)18(19)22/h1-8,15H,9-10H2/t15-/m0/s1. The van der Waals surface area contributed by atoms with Gasteiger partial charge in [0.2, 0.25) is 0 Å². The van der Waals surface area contributed by atoms with Gasteiger partial charge in [-0.1, -0.05) is 36.4 Å². The van der Waals surface area contributed by atoms with Crippen molar-refractivity contribution in [1.29, 1.82) is 0 Å². The van der Waals surface area contributed by atoms with Gasteiger partial charge in [0.05, 0.1) is 17.2 Å². The Bertz CT molecular complexity index is 790. The summed E-state index contributed by atoms with van der Waals surface area (Å²) in [6.45, 7) is 0. The molecule has 0 unspecified atom stereocenters. The average Bonchev–Trinajstić information content (AvgIpc) is 2.81. The Kier molecular flexibility index (Phi) is 2.73. The van der Waals surface area contributed by atoms with E-state index in [1.54, 1.807) is 30.3 Å². The van der Waals surface area contributed by atoms with Crippen LogP contribution in [0.15, 0.2) is 48.5 Å². The normalized spacial score (nSPS) is 20.1. The molecule has 2 amide bonds. The van der Waals surface area contributed by atoms with Crippen LogP contribution in [0.1, 0.15) is 55.5 Å². The van der Waals surface area contributed by atoms with E-state index < -0.39 is 0 Å². The Morgan fingerprint density at radius 1 is 0.773 bits per heavy atom. The smallest absolute Gasteiger partial charge is 0.262 e. The molecular formula is C18H13NO3. The molecule has 0 spiro atoms. The van der Waals surface area contributed by atoms with Gasteiger partial charge in [-0.05, 0) is 24.1 Å². The van der Waals surface area contributed by atoms with Crippen molar-refractivity contribution in [1.82, 2.24) is 4.90 Å². The van der Waals surface area contributed by atoms with Crippen LogP contribution in [-0.4, -0.2) is 22.5 Å². The van der Waals surface area contributed by atoms with Gasteiger partial charge in [0, 0.05) is 12.0 Å². The number of Topliss-reactive ketones (excluding diaryl/α,β-unsaturated/α-hetero) is 1. The first-order valence-electron chi connectivity index (χ1n) is 7.27. The summed E-state index contributed by atoms with van der Waals surface area (Å²) in [5.74, 6) is -0.465. The number of amides is 2. The molecule has 0 bridgehead atoms. The quantitative estimate of drug-likeness (QED) is 0.759. The van der Waals surface area contributed by atoms with Gasteiger partial charge in [-0.25, -0.2) is 0 Å². The molecule has 0 aromatic heterocycles. The third-order valence-corrected chi connectivity index (χ3v) is 4.40. The molecule has 0 fully saturated rings. The number of benzene rings is 2. The highest BCUT2D eigenvalue weighted by Crippen LogP contribution is 2.38. The monoisotopic (exact) mass is 291 g/mol.